The normalized spacial score (nSPS) is 18.3. The van der Waals surface area contributed by atoms with E-state index in [1.807, 2.05) is 61.5 Å². The van der Waals surface area contributed by atoms with E-state index in [2.05, 4.69) is 10.2 Å². The van der Waals surface area contributed by atoms with Crippen LogP contribution in [0.15, 0.2) is 101 Å². The van der Waals surface area contributed by atoms with Gasteiger partial charge in [0.05, 0.1) is 23.1 Å². The Morgan fingerprint density at radius 1 is 0.884 bits per heavy atom. The lowest BCUT2D eigenvalue weighted by molar-refractivity contribution is -0.139. The van der Waals surface area contributed by atoms with E-state index < -0.39 is 22.0 Å². The molecule has 0 bridgehead atoms. The number of carbonyl (C=O) groups excluding carboxylic acids is 2. The third-order valence-electron chi connectivity index (χ3n) is 7.51. The van der Waals surface area contributed by atoms with Crippen LogP contribution in [-0.2, 0) is 19.6 Å². The van der Waals surface area contributed by atoms with Gasteiger partial charge in [-0.1, -0.05) is 48.5 Å². The average Bonchev–Trinajstić information content (AvgIpc) is 3.02. The van der Waals surface area contributed by atoms with Crippen LogP contribution in [0.2, 0.25) is 0 Å². The van der Waals surface area contributed by atoms with E-state index in [0.29, 0.717) is 61.1 Å². The van der Waals surface area contributed by atoms with Crippen LogP contribution in [0.3, 0.4) is 0 Å². The number of carbonyl (C=O) groups is 2. The van der Waals surface area contributed by atoms with Gasteiger partial charge in [-0.25, -0.2) is 18.0 Å². The number of hydrogen-bond acceptors (Lipinski definition) is 7. The predicted octanol–water partition coefficient (Wildman–Crippen LogP) is 4.39. The molecule has 0 aliphatic carbocycles. The maximum Gasteiger partial charge on any atom is 0.338 e. The second kappa shape index (κ2) is 13.4. The third-order valence-corrected chi connectivity index (χ3v) is 9.42. The molecule has 0 aromatic heterocycles. The van der Waals surface area contributed by atoms with Gasteiger partial charge < -0.3 is 14.8 Å². The van der Waals surface area contributed by atoms with Crippen molar-refractivity contribution < 1.29 is 27.5 Å². The molecule has 1 atom stereocenters. The smallest absolute Gasteiger partial charge is 0.338 e. The van der Waals surface area contributed by atoms with Crippen LogP contribution >= 0.6 is 0 Å². The number of hydrogen-bond donors (Lipinski definition) is 1. The number of esters is 1. The molecule has 5 rings (SSSR count). The SMILES string of the molecule is CCOC(=O)C1=C(CN2CCN(S(=O)(=O)c3ccccc3)CC2)N(CC)C(=O)N[C@H]1c1cccc(Oc2ccccc2)c1. The number of sulfonamides is 1. The highest BCUT2D eigenvalue weighted by molar-refractivity contribution is 7.89. The van der Waals surface area contributed by atoms with Gasteiger partial charge in [0.1, 0.15) is 11.5 Å². The van der Waals surface area contributed by atoms with Gasteiger partial charge in [-0.05, 0) is 55.8 Å². The van der Waals surface area contributed by atoms with E-state index in [-0.39, 0.29) is 24.1 Å². The maximum atomic E-state index is 13.5. The summed E-state index contributed by atoms with van der Waals surface area (Å²) in [6.45, 7) is 5.86. The Morgan fingerprint density at radius 2 is 1.53 bits per heavy atom. The Kier molecular flexibility index (Phi) is 9.44. The average molecular weight is 605 g/mol. The minimum Gasteiger partial charge on any atom is -0.463 e. The van der Waals surface area contributed by atoms with Gasteiger partial charge in [-0.3, -0.25) is 9.80 Å². The Labute approximate surface area is 252 Å². The van der Waals surface area contributed by atoms with Crippen molar-refractivity contribution in [2.75, 3.05) is 45.9 Å². The Morgan fingerprint density at radius 3 is 2.19 bits per heavy atom. The lowest BCUT2D eigenvalue weighted by atomic mass is 9.94. The fraction of sp³-hybridized carbons (Fsp3) is 0.312. The molecule has 1 saturated heterocycles. The second-order valence-corrected chi connectivity index (χ2v) is 12.1. The molecule has 11 heteroatoms. The van der Waals surface area contributed by atoms with Crippen molar-refractivity contribution in [3.8, 4) is 11.5 Å². The summed E-state index contributed by atoms with van der Waals surface area (Å²) in [5.41, 5.74) is 1.57. The molecule has 2 heterocycles. The molecule has 2 aliphatic heterocycles. The number of benzene rings is 3. The first kappa shape index (κ1) is 30.3. The minimum atomic E-state index is -3.61. The van der Waals surface area contributed by atoms with Crippen LogP contribution in [0.4, 0.5) is 4.79 Å². The first-order valence-corrected chi connectivity index (χ1v) is 15.8. The van der Waals surface area contributed by atoms with E-state index >= 15 is 0 Å². The Bertz CT molecular complexity index is 1570. The number of para-hydroxylation sites is 1. The largest absolute Gasteiger partial charge is 0.463 e. The van der Waals surface area contributed by atoms with Gasteiger partial charge >= 0.3 is 12.0 Å². The maximum absolute atomic E-state index is 13.5. The highest BCUT2D eigenvalue weighted by atomic mass is 32.2. The topological polar surface area (TPSA) is 108 Å². The first-order valence-electron chi connectivity index (χ1n) is 14.4. The fourth-order valence-corrected chi connectivity index (χ4v) is 6.81. The standard InChI is InChI=1S/C32H36N4O6S/c1-3-36-28(23-34-18-20-35(21-19-34)43(39,40)27-16-9-6-10-17-27)29(31(37)41-4-2)30(33-32(36)38)24-12-11-15-26(22-24)42-25-13-7-5-8-14-25/h5-17,22,30H,3-4,18-21,23H2,1-2H3,(H,33,38)/t30-/m0/s1. The van der Waals surface area contributed by atoms with Crippen LogP contribution in [-0.4, -0.2) is 80.4 Å². The number of piperazine rings is 1. The lowest BCUT2D eigenvalue weighted by Crippen LogP contribution is -2.53. The monoisotopic (exact) mass is 604 g/mol. The summed E-state index contributed by atoms with van der Waals surface area (Å²) in [6.07, 6.45) is 0. The zero-order valence-corrected chi connectivity index (χ0v) is 25.1. The van der Waals surface area contributed by atoms with Gasteiger partial charge in [-0.15, -0.1) is 0 Å². The molecular weight excluding hydrogens is 568 g/mol. The van der Waals surface area contributed by atoms with E-state index in [1.165, 1.54) is 4.31 Å². The molecule has 1 fully saturated rings. The van der Waals surface area contributed by atoms with E-state index in [9.17, 15) is 18.0 Å². The summed E-state index contributed by atoms with van der Waals surface area (Å²) in [5.74, 6) is 0.719. The van der Waals surface area contributed by atoms with Gasteiger partial charge in [-0.2, -0.15) is 4.31 Å². The quantitative estimate of drug-likeness (QED) is 0.342. The third kappa shape index (κ3) is 6.74. The lowest BCUT2D eigenvalue weighted by Gasteiger charge is -2.40. The summed E-state index contributed by atoms with van der Waals surface area (Å²) >= 11 is 0. The second-order valence-electron chi connectivity index (χ2n) is 10.2. The van der Waals surface area contributed by atoms with Crippen LogP contribution < -0.4 is 10.1 Å². The molecule has 1 N–H and O–H groups in total. The zero-order valence-electron chi connectivity index (χ0n) is 24.3. The van der Waals surface area contributed by atoms with Crippen molar-refractivity contribution in [1.29, 1.82) is 0 Å². The van der Waals surface area contributed by atoms with Crippen molar-refractivity contribution >= 4 is 22.0 Å². The molecular formula is C32H36N4O6S. The van der Waals surface area contributed by atoms with Crippen LogP contribution in [0, 0.1) is 0 Å². The summed E-state index contributed by atoms with van der Waals surface area (Å²) in [4.78, 5) is 30.8. The summed E-state index contributed by atoms with van der Waals surface area (Å²) in [6, 6.07) is 24.0. The number of amides is 2. The number of nitrogens with one attached hydrogen (secondary N) is 1. The van der Waals surface area contributed by atoms with E-state index in [0.717, 1.165) is 0 Å². The van der Waals surface area contributed by atoms with Gasteiger partial charge in [0.25, 0.3) is 0 Å². The highest BCUT2D eigenvalue weighted by Gasteiger charge is 2.39. The van der Waals surface area contributed by atoms with Crippen LogP contribution in [0.1, 0.15) is 25.5 Å². The van der Waals surface area contributed by atoms with E-state index in [1.54, 1.807) is 42.2 Å². The van der Waals surface area contributed by atoms with Crippen molar-refractivity contribution in [1.82, 2.24) is 19.4 Å². The number of rotatable bonds is 10. The van der Waals surface area contributed by atoms with E-state index in [4.69, 9.17) is 9.47 Å². The number of likely N-dealkylation sites (N-methyl/N-ethyl adjacent to an activating group) is 1. The molecule has 226 valence electrons. The van der Waals surface area contributed by atoms with Gasteiger partial charge in [0.2, 0.25) is 10.0 Å². The molecule has 0 spiro atoms. The molecule has 43 heavy (non-hydrogen) atoms. The molecule has 2 aliphatic rings. The molecule has 0 radical (unpaired) electrons. The minimum absolute atomic E-state index is 0.176. The zero-order chi connectivity index (χ0) is 30.4. The summed E-state index contributed by atoms with van der Waals surface area (Å²) in [5, 5.41) is 2.99. The highest BCUT2D eigenvalue weighted by Crippen LogP contribution is 2.34. The van der Waals surface area contributed by atoms with Crippen molar-refractivity contribution in [3.63, 3.8) is 0 Å². The Hall–Kier alpha value is -4.19. The Balaban J connectivity index is 1.43. The molecule has 10 nitrogen and oxygen atoms in total. The van der Waals surface area contributed by atoms with Crippen LogP contribution in [0.5, 0.6) is 11.5 Å². The number of nitrogens with zero attached hydrogens (tertiary/aromatic N) is 3. The van der Waals surface area contributed by atoms with Crippen LogP contribution in [0.25, 0.3) is 0 Å². The summed E-state index contributed by atoms with van der Waals surface area (Å²) in [7, 11) is -3.61. The van der Waals surface area contributed by atoms with Crippen molar-refractivity contribution in [2.24, 2.45) is 0 Å². The number of urea groups is 1. The number of ether oxygens (including phenoxy) is 2. The fourth-order valence-electron chi connectivity index (χ4n) is 5.37. The summed E-state index contributed by atoms with van der Waals surface area (Å²) < 4.78 is 39.3. The molecule has 3 aromatic rings. The van der Waals surface area contributed by atoms with Crippen molar-refractivity contribution in [2.45, 2.75) is 24.8 Å². The van der Waals surface area contributed by atoms with Crippen molar-refractivity contribution in [3.05, 3.63) is 102 Å². The van der Waals surface area contributed by atoms with Gasteiger partial charge in [0, 0.05) is 45.0 Å². The van der Waals surface area contributed by atoms with Gasteiger partial charge in [0.15, 0.2) is 0 Å². The molecule has 2 amide bonds. The molecule has 0 saturated carbocycles. The molecule has 3 aromatic carbocycles. The predicted molar refractivity (Wildman–Crippen MR) is 162 cm³/mol. The first-order chi connectivity index (χ1) is 20.8. The molecule has 0 unspecified atom stereocenters.